The summed E-state index contributed by atoms with van der Waals surface area (Å²) in [5, 5.41) is 11.1. The number of hydrogen-bond acceptors (Lipinski definition) is 5. The summed E-state index contributed by atoms with van der Waals surface area (Å²) in [7, 11) is 1.53. The van der Waals surface area contributed by atoms with E-state index in [2.05, 4.69) is 20.9 Å². The first kappa shape index (κ1) is 21.8. The van der Waals surface area contributed by atoms with Crippen LogP contribution in [0.25, 0.3) is 5.76 Å². The lowest BCUT2D eigenvalue weighted by Gasteiger charge is -2.25. The fraction of sp³-hybridized carbons (Fsp3) is 0.208. The molecule has 1 aromatic heterocycles. The van der Waals surface area contributed by atoms with Gasteiger partial charge in [0.1, 0.15) is 11.5 Å². The van der Waals surface area contributed by atoms with Gasteiger partial charge in [0.15, 0.2) is 0 Å². The molecule has 0 spiro atoms. The number of aromatic nitrogens is 2. The monoisotopic (exact) mass is 495 g/mol. The van der Waals surface area contributed by atoms with E-state index >= 15 is 0 Å². The van der Waals surface area contributed by atoms with E-state index in [0.717, 1.165) is 10.0 Å². The molecular weight excluding hydrogens is 474 g/mol. The third-order valence-corrected chi connectivity index (χ3v) is 5.92. The summed E-state index contributed by atoms with van der Waals surface area (Å²) in [4.78, 5) is 31.7. The molecule has 1 amide bonds. The van der Waals surface area contributed by atoms with Gasteiger partial charge in [-0.2, -0.15) is 0 Å². The second kappa shape index (κ2) is 9.40. The highest BCUT2D eigenvalue weighted by molar-refractivity contribution is 9.10. The number of aliphatic hydroxyl groups excluding tert-OH is 1. The zero-order valence-electron chi connectivity index (χ0n) is 17.4. The molecule has 0 unspecified atom stereocenters. The maximum atomic E-state index is 13.1. The Morgan fingerprint density at radius 3 is 2.69 bits per heavy atom. The smallest absolute Gasteiger partial charge is 0.295 e. The molecule has 1 fully saturated rings. The van der Waals surface area contributed by atoms with E-state index in [4.69, 9.17) is 4.74 Å². The number of halogens is 1. The number of benzene rings is 2. The molecule has 1 aliphatic rings. The maximum absolute atomic E-state index is 13.1. The third-order valence-electron chi connectivity index (χ3n) is 5.42. The number of aryl methyl sites for hydroxylation is 1. The van der Waals surface area contributed by atoms with Gasteiger partial charge in [-0.25, -0.2) is 4.98 Å². The molecule has 1 aliphatic heterocycles. The van der Waals surface area contributed by atoms with Gasteiger partial charge in [-0.3, -0.25) is 9.59 Å². The number of amides is 1. The molecule has 0 saturated carbocycles. The number of likely N-dealkylation sites (tertiary alicyclic amines) is 1. The van der Waals surface area contributed by atoms with Crippen molar-refractivity contribution in [2.75, 3.05) is 13.7 Å². The molecule has 2 aromatic carbocycles. The first-order valence-electron chi connectivity index (χ1n) is 10.1. The van der Waals surface area contributed by atoms with Crippen molar-refractivity contribution in [1.29, 1.82) is 0 Å². The fourth-order valence-electron chi connectivity index (χ4n) is 3.90. The number of nitrogens with zero attached hydrogens (tertiary/aromatic N) is 3. The lowest BCUT2D eigenvalue weighted by Crippen LogP contribution is -2.31. The predicted octanol–water partition coefficient (Wildman–Crippen LogP) is 4.17. The van der Waals surface area contributed by atoms with Crippen molar-refractivity contribution < 1.29 is 19.4 Å². The lowest BCUT2D eigenvalue weighted by atomic mass is 9.95. The molecule has 8 heteroatoms. The van der Waals surface area contributed by atoms with Gasteiger partial charge in [-0.05, 0) is 36.2 Å². The van der Waals surface area contributed by atoms with Gasteiger partial charge in [0.2, 0.25) is 0 Å². The van der Waals surface area contributed by atoms with Gasteiger partial charge < -0.3 is 19.3 Å². The molecule has 1 atom stereocenters. The van der Waals surface area contributed by atoms with Gasteiger partial charge in [-0.1, -0.05) is 40.2 Å². The Bertz CT molecular complexity index is 1170. The summed E-state index contributed by atoms with van der Waals surface area (Å²) in [6.45, 7) is 1.01. The fourth-order valence-corrected chi connectivity index (χ4v) is 4.32. The number of ketones is 1. The highest BCUT2D eigenvalue weighted by Gasteiger charge is 2.45. The number of imidazole rings is 1. The Morgan fingerprint density at radius 1 is 1.16 bits per heavy atom. The standard InChI is InChI=1S/C24H22BrN3O4/c1-32-19-8-3-6-17(14-19)22(29)20-21(16-5-2-7-18(25)13-16)28(24(31)23(20)30)11-4-10-27-12-9-26-15-27/h2-3,5-9,12-15,21,29H,4,10-11H2,1H3/t21-/m0/s1. The number of Topliss-reactive ketones (excluding diaryl/α,β-unsaturated/α-hetero) is 1. The van der Waals surface area contributed by atoms with Crippen molar-refractivity contribution in [2.24, 2.45) is 0 Å². The van der Waals surface area contributed by atoms with Crippen LogP contribution in [-0.2, 0) is 16.1 Å². The molecule has 7 nitrogen and oxygen atoms in total. The quantitative estimate of drug-likeness (QED) is 0.302. The highest BCUT2D eigenvalue weighted by Crippen LogP contribution is 2.40. The topological polar surface area (TPSA) is 84.7 Å². The van der Waals surface area contributed by atoms with E-state index in [1.165, 1.54) is 12.0 Å². The number of aliphatic hydroxyl groups is 1. The second-order valence-corrected chi connectivity index (χ2v) is 8.35. The first-order valence-corrected chi connectivity index (χ1v) is 10.9. The molecule has 2 heterocycles. The number of hydrogen-bond donors (Lipinski definition) is 1. The van der Waals surface area contributed by atoms with Crippen LogP contribution in [0.5, 0.6) is 5.75 Å². The molecule has 164 valence electrons. The molecule has 4 rings (SSSR count). The number of methoxy groups -OCH3 is 1. The number of ether oxygens (including phenoxy) is 1. The van der Waals surface area contributed by atoms with Gasteiger partial charge in [0, 0.05) is 35.5 Å². The average molecular weight is 496 g/mol. The minimum Gasteiger partial charge on any atom is -0.507 e. The molecule has 0 radical (unpaired) electrons. The Labute approximate surface area is 194 Å². The van der Waals surface area contributed by atoms with Gasteiger partial charge in [-0.15, -0.1) is 0 Å². The zero-order chi connectivity index (χ0) is 22.7. The summed E-state index contributed by atoms with van der Waals surface area (Å²) in [6, 6.07) is 13.5. The SMILES string of the molecule is COc1cccc(C(O)=C2C(=O)C(=O)N(CCCn3ccnc3)[C@H]2c2cccc(Br)c2)c1. The van der Waals surface area contributed by atoms with Crippen molar-refractivity contribution in [1.82, 2.24) is 14.5 Å². The lowest BCUT2D eigenvalue weighted by molar-refractivity contribution is -0.139. The number of carbonyl (C=O) groups excluding carboxylic acids is 2. The molecular formula is C24H22BrN3O4. The minimum absolute atomic E-state index is 0.0731. The van der Waals surface area contributed by atoms with E-state index in [1.54, 1.807) is 36.8 Å². The molecule has 0 bridgehead atoms. The summed E-state index contributed by atoms with van der Waals surface area (Å²) >= 11 is 3.47. The van der Waals surface area contributed by atoms with Crippen molar-refractivity contribution in [3.63, 3.8) is 0 Å². The Morgan fingerprint density at radius 2 is 1.97 bits per heavy atom. The van der Waals surface area contributed by atoms with E-state index in [0.29, 0.717) is 30.8 Å². The zero-order valence-corrected chi connectivity index (χ0v) is 19.0. The van der Waals surface area contributed by atoms with Crippen LogP contribution < -0.4 is 4.74 Å². The number of carbonyl (C=O) groups is 2. The van der Waals surface area contributed by atoms with Crippen LogP contribution >= 0.6 is 15.9 Å². The molecule has 1 N–H and O–H groups in total. The molecule has 32 heavy (non-hydrogen) atoms. The Kier molecular flexibility index (Phi) is 6.41. The molecule has 3 aromatic rings. The van der Waals surface area contributed by atoms with Crippen LogP contribution in [0.3, 0.4) is 0 Å². The van der Waals surface area contributed by atoms with E-state index < -0.39 is 17.7 Å². The third kappa shape index (κ3) is 4.31. The van der Waals surface area contributed by atoms with Crippen molar-refractivity contribution in [2.45, 2.75) is 19.0 Å². The van der Waals surface area contributed by atoms with E-state index in [9.17, 15) is 14.7 Å². The first-order chi connectivity index (χ1) is 15.5. The average Bonchev–Trinajstić information content (AvgIpc) is 3.41. The van der Waals surface area contributed by atoms with E-state index in [1.807, 2.05) is 35.0 Å². The number of rotatable bonds is 7. The van der Waals surface area contributed by atoms with Gasteiger partial charge >= 0.3 is 0 Å². The van der Waals surface area contributed by atoms with Crippen LogP contribution in [0.15, 0.2) is 77.3 Å². The summed E-state index contributed by atoms with van der Waals surface area (Å²) < 4.78 is 7.98. The van der Waals surface area contributed by atoms with Gasteiger partial charge in [0.05, 0.1) is 25.1 Å². The van der Waals surface area contributed by atoms with Gasteiger partial charge in [0.25, 0.3) is 11.7 Å². The normalized spacial score (nSPS) is 17.7. The van der Waals surface area contributed by atoms with Crippen LogP contribution in [-0.4, -0.2) is 44.9 Å². The Hall–Kier alpha value is -3.39. The largest absolute Gasteiger partial charge is 0.507 e. The summed E-state index contributed by atoms with van der Waals surface area (Å²) in [5.74, 6) is -0.991. The van der Waals surface area contributed by atoms with Crippen LogP contribution in [0.4, 0.5) is 0 Å². The summed E-state index contributed by atoms with van der Waals surface area (Å²) in [5.41, 5.74) is 1.23. The second-order valence-electron chi connectivity index (χ2n) is 7.43. The minimum atomic E-state index is -0.696. The Balaban J connectivity index is 1.75. The van der Waals surface area contributed by atoms with Crippen molar-refractivity contribution >= 4 is 33.4 Å². The van der Waals surface area contributed by atoms with Crippen LogP contribution in [0, 0.1) is 0 Å². The molecule has 1 saturated heterocycles. The summed E-state index contributed by atoms with van der Waals surface area (Å²) in [6.07, 6.45) is 5.89. The predicted molar refractivity (Wildman–Crippen MR) is 123 cm³/mol. The van der Waals surface area contributed by atoms with Crippen molar-refractivity contribution in [3.8, 4) is 5.75 Å². The highest BCUT2D eigenvalue weighted by atomic mass is 79.9. The van der Waals surface area contributed by atoms with Crippen LogP contribution in [0.2, 0.25) is 0 Å². The van der Waals surface area contributed by atoms with E-state index in [-0.39, 0.29) is 11.3 Å². The van der Waals surface area contributed by atoms with Crippen molar-refractivity contribution in [3.05, 3.63) is 88.4 Å². The maximum Gasteiger partial charge on any atom is 0.295 e. The van der Waals surface area contributed by atoms with Crippen LogP contribution in [0.1, 0.15) is 23.6 Å². The molecule has 0 aliphatic carbocycles.